The first-order valence-electron chi connectivity index (χ1n) is 9.11. The second-order valence-corrected chi connectivity index (χ2v) is 6.90. The van der Waals surface area contributed by atoms with Crippen LogP contribution in [-0.4, -0.2) is 18.1 Å². The number of hydrogen-bond acceptors (Lipinski definition) is 2. The highest BCUT2D eigenvalue weighted by molar-refractivity contribution is 5.40. The molecule has 2 atom stereocenters. The average Bonchev–Trinajstić information content (AvgIpc) is 3.23. The second kappa shape index (κ2) is 7.20. The Hall–Kier alpha value is -2.45. The maximum absolute atomic E-state index is 4.84. The second-order valence-electron chi connectivity index (χ2n) is 6.90. The fourth-order valence-corrected chi connectivity index (χ4v) is 4.29. The molecule has 0 radical (unpaired) electrons. The van der Waals surface area contributed by atoms with Crippen molar-refractivity contribution in [1.82, 2.24) is 10.3 Å². The molecule has 1 saturated heterocycles. The molecule has 0 aliphatic carbocycles. The van der Waals surface area contributed by atoms with Crippen LogP contribution in [-0.2, 0) is 11.8 Å². The first kappa shape index (κ1) is 16.0. The lowest BCUT2D eigenvalue weighted by Gasteiger charge is -2.39. The van der Waals surface area contributed by atoms with Gasteiger partial charge in [-0.15, -0.1) is 0 Å². The highest BCUT2D eigenvalue weighted by atomic mass is 14.9. The molecule has 126 valence electrons. The largest absolute Gasteiger partial charge is 0.316 e. The van der Waals surface area contributed by atoms with Crippen LogP contribution in [0.2, 0.25) is 0 Å². The van der Waals surface area contributed by atoms with Crippen LogP contribution in [0.25, 0.3) is 0 Å². The Morgan fingerprint density at radius 3 is 2.24 bits per heavy atom. The topological polar surface area (TPSA) is 24.9 Å². The summed E-state index contributed by atoms with van der Waals surface area (Å²) in [5, 5.41) is 3.58. The van der Waals surface area contributed by atoms with Crippen LogP contribution in [0, 0.1) is 5.92 Å². The van der Waals surface area contributed by atoms with Gasteiger partial charge in [-0.1, -0.05) is 66.7 Å². The highest BCUT2D eigenvalue weighted by Crippen LogP contribution is 2.43. The molecule has 1 aliphatic heterocycles. The molecule has 1 aliphatic rings. The van der Waals surface area contributed by atoms with Crippen molar-refractivity contribution in [3.8, 4) is 0 Å². The lowest BCUT2D eigenvalue weighted by atomic mass is 9.64. The van der Waals surface area contributed by atoms with E-state index in [2.05, 4.69) is 78.1 Å². The van der Waals surface area contributed by atoms with E-state index in [9.17, 15) is 0 Å². The highest BCUT2D eigenvalue weighted by Gasteiger charge is 2.44. The maximum atomic E-state index is 4.84. The predicted molar refractivity (Wildman–Crippen MR) is 103 cm³/mol. The Morgan fingerprint density at radius 1 is 0.880 bits per heavy atom. The van der Waals surface area contributed by atoms with Crippen LogP contribution in [0.3, 0.4) is 0 Å². The van der Waals surface area contributed by atoms with Crippen molar-refractivity contribution in [3.05, 3.63) is 102 Å². The van der Waals surface area contributed by atoms with E-state index >= 15 is 0 Å². The average molecular weight is 328 g/mol. The molecule has 0 saturated carbocycles. The third kappa shape index (κ3) is 3.10. The first-order chi connectivity index (χ1) is 12.4. The minimum atomic E-state index is -0.104. The Bertz CT molecular complexity index is 739. The van der Waals surface area contributed by atoms with Crippen molar-refractivity contribution in [3.63, 3.8) is 0 Å². The first-order valence-corrected chi connectivity index (χ1v) is 9.11. The van der Waals surface area contributed by atoms with Gasteiger partial charge >= 0.3 is 0 Å². The molecule has 2 heterocycles. The van der Waals surface area contributed by atoms with E-state index in [1.807, 2.05) is 12.3 Å². The maximum Gasteiger partial charge on any atom is 0.0515 e. The third-order valence-corrected chi connectivity index (χ3v) is 5.49. The van der Waals surface area contributed by atoms with E-state index in [1.165, 1.54) is 23.2 Å². The molecular formula is C23H24N2. The van der Waals surface area contributed by atoms with Gasteiger partial charge in [0.2, 0.25) is 0 Å². The molecular weight excluding hydrogens is 304 g/mol. The minimum absolute atomic E-state index is 0.104. The van der Waals surface area contributed by atoms with E-state index < -0.39 is 0 Å². The summed E-state index contributed by atoms with van der Waals surface area (Å²) in [4.78, 5) is 4.84. The number of pyridine rings is 1. The Labute approximate surface area is 149 Å². The SMILES string of the molecule is c1ccc(CC(c2ccccc2)(c2ccccn2)C2CCNC2)cc1. The van der Waals surface area contributed by atoms with Crippen LogP contribution in [0.4, 0.5) is 0 Å². The molecule has 2 nitrogen and oxygen atoms in total. The third-order valence-electron chi connectivity index (χ3n) is 5.49. The zero-order valence-electron chi connectivity index (χ0n) is 14.4. The molecule has 2 aromatic carbocycles. The number of nitrogens with zero attached hydrogens (tertiary/aromatic N) is 1. The van der Waals surface area contributed by atoms with Gasteiger partial charge in [-0.3, -0.25) is 4.98 Å². The molecule has 0 bridgehead atoms. The number of aromatic nitrogens is 1. The number of hydrogen-bond donors (Lipinski definition) is 1. The zero-order chi connectivity index (χ0) is 17.0. The molecule has 1 fully saturated rings. The van der Waals surface area contributed by atoms with Crippen molar-refractivity contribution in [2.75, 3.05) is 13.1 Å². The van der Waals surface area contributed by atoms with Gasteiger partial charge < -0.3 is 5.32 Å². The molecule has 25 heavy (non-hydrogen) atoms. The van der Waals surface area contributed by atoms with Crippen molar-refractivity contribution >= 4 is 0 Å². The summed E-state index contributed by atoms with van der Waals surface area (Å²) in [6.07, 6.45) is 4.08. The summed E-state index contributed by atoms with van der Waals surface area (Å²) in [5.74, 6) is 0.532. The Kier molecular flexibility index (Phi) is 4.62. The Morgan fingerprint density at radius 2 is 1.60 bits per heavy atom. The summed E-state index contributed by atoms with van der Waals surface area (Å²) in [5.41, 5.74) is 3.81. The van der Waals surface area contributed by atoms with E-state index in [0.29, 0.717) is 5.92 Å². The van der Waals surface area contributed by atoms with E-state index in [1.54, 1.807) is 0 Å². The van der Waals surface area contributed by atoms with E-state index in [0.717, 1.165) is 19.5 Å². The lowest BCUT2D eigenvalue weighted by molar-refractivity contribution is 0.331. The fraction of sp³-hybridized carbons (Fsp3) is 0.261. The van der Waals surface area contributed by atoms with Gasteiger partial charge in [-0.25, -0.2) is 0 Å². The number of benzene rings is 2. The lowest BCUT2D eigenvalue weighted by Crippen LogP contribution is -2.41. The van der Waals surface area contributed by atoms with Gasteiger partial charge in [0.15, 0.2) is 0 Å². The minimum Gasteiger partial charge on any atom is -0.316 e. The van der Waals surface area contributed by atoms with Crippen LogP contribution >= 0.6 is 0 Å². The summed E-state index contributed by atoms with van der Waals surface area (Å²) < 4.78 is 0. The quantitative estimate of drug-likeness (QED) is 0.758. The van der Waals surface area contributed by atoms with E-state index in [-0.39, 0.29) is 5.41 Å². The molecule has 0 spiro atoms. The van der Waals surface area contributed by atoms with Gasteiger partial charge in [0.25, 0.3) is 0 Å². The normalized spacial score (nSPS) is 19.4. The summed E-state index contributed by atoms with van der Waals surface area (Å²) in [6, 6.07) is 28.1. The van der Waals surface area contributed by atoms with Crippen molar-refractivity contribution in [1.29, 1.82) is 0 Å². The summed E-state index contributed by atoms with van der Waals surface area (Å²) in [6.45, 7) is 2.12. The molecule has 2 heteroatoms. The molecule has 3 aromatic rings. The van der Waals surface area contributed by atoms with E-state index in [4.69, 9.17) is 4.98 Å². The van der Waals surface area contributed by atoms with Gasteiger partial charge in [-0.2, -0.15) is 0 Å². The monoisotopic (exact) mass is 328 g/mol. The molecule has 0 amide bonds. The van der Waals surface area contributed by atoms with Crippen LogP contribution in [0.5, 0.6) is 0 Å². The molecule has 1 N–H and O–H groups in total. The number of nitrogens with one attached hydrogen (secondary N) is 1. The van der Waals surface area contributed by atoms with Gasteiger partial charge in [-0.05, 0) is 55.1 Å². The van der Waals surface area contributed by atoms with Crippen molar-refractivity contribution in [2.24, 2.45) is 5.92 Å². The summed E-state index contributed by atoms with van der Waals surface area (Å²) >= 11 is 0. The van der Waals surface area contributed by atoms with Crippen LogP contribution < -0.4 is 5.32 Å². The fourth-order valence-electron chi connectivity index (χ4n) is 4.29. The smallest absolute Gasteiger partial charge is 0.0515 e. The van der Waals surface area contributed by atoms with Crippen molar-refractivity contribution in [2.45, 2.75) is 18.3 Å². The molecule has 1 aromatic heterocycles. The van der Waals surface area contributed by atoms with Crippen LogP contribution in [0.1, 0.15) is 23.2 Å². The zero-order valence-corrected chi connectivity index (χ0v) is 14.4. The number of rotatable bonds is 5. The summed E-state index contributed by atoms with van der Waals surface area (Å²) in [7, 11) is 0. The van der Waals surface area contributed by atoms with Gasteiger partial charge in [0, 0.05) is 11.6 Å². The van der Waals surface area contributed by atoms with Gasteiger partial charge in [0.1, 0.15) is 0 Å². The molecule has 2 unspecified atom stereocenters. The van der Waals surface area contributed by atoms with Crippen LogP contribution in [0.15, 0.2) is 85.1 Å². The standard InChI is InChI=1S/C23H24N2/c1-3-9-19(10-4-1)17-23(21-14-16-24-18-21,20-11-5-2-6-12-20)22-13-7-8-15-25-22/h1-13,15,21,24H,14,16-18H2. The molecule has 4 rings (SSSR count). The van der Waals surface area contributed by atoms with Gasteiger partial charge in [0.05, 0.1) is 5.69 Å². The van der Waals surface area contributed by atoms with Crippen molar-refractivity contribution < 1.29 is 0 Å². The predicted octanol–water partition coefficient (Wildman–Crippen LogP) is 4.22. The Balaban J connectivity index is 1.91.